The van der Waals surface area contributed by atoms with Gasteiger partial charge in [0, 0.05) is 14.9 Å². The number of fused-ring (bicyclic) bond motifs is 4. The molecule has 45 heavy (non-hydrogen) atoms. The Morgan fingerprint density at radius 3 is 1.93 bits per heavy atom. The molecule has 7 rings (SSSR count). The van der Waals surface area contributed by atoms with Crippen molar-refractivity contribution in [2.45, 2.75) is 12.8 Å². The number of hydrogen-bond donors (Lipinski definition) is 1. The predicted molar refractivity (Wildman–Crippen MR) is 175 cm³/mol. The maximum atomic E-state index is 14.1. The molecule has 0 aromatic heterocycles. The molecule has 8 nitrogen and oxygen atoms in total. The zero-order chi connectivity index (χ0) is 31.6. The average Bonchev–Trinajstić information content (AvgIpc) is 3.44. The molecule has 0 radical (unpaired) electrons. The van der Waals surface area contributed by atoms with Crippen LogP contribution in [0.5, 0.6) is 11.5 Å². The zero-order valence-corrected chi connectivity index (χ0v) is 27.3. The van der Waals surface area contributed by atoms with E-state index in [0.717, 1.165) is 20.1 Å². The van der Waals surface area contributed by atoms with Crippen LogP contribution in [0.15, 0.2) is 93.4 Å². The number of carbonyl (C=O) groups is 4. The second-order valence-electron chi connectivity index (χ2n) is 11.8. The molecule has 3 fully saturated rings. The fraction of sp³-hybridized carbons (Fsp3) is 0.257. The number of phenols is 1. The number of benzene rings is 3. The van der Waals surface area contributed by atoms with E-state index in [1.165, 1.54) is 23.0 Å². The van der Waals surface area contributed by atoms with E-state index in [4.69, 9.17) is 4.74 Å². The highest BCUT2D eigenvalue weighted by Crippen LogP contribution is 2.56. The molecular formula is C35H28Br2N2O6. The topological polar surface area (TPSA) is 104 Å². The Labute approximate surface area is 276 Å². The van der Waals surface area contributed by atoms with Crippen LogP contribution >= 0.6 is 31.9 Å². The van der Waals surface area contributed by atoms with Crippen LogP contribution in [0.4, 0.5) is 11.4 Å². The van der Waals surface area contributed by atoms with Gasteiger partial charge in [0.15, 0.2) is 11.5 Å². The van der Waals surface area contributed by atoms with E-state index in [1.807, 2.05) is 18.2 Å². The Morgan fingerprint density at radius 2 is 1.33 bits per heavy atom. The summed E-state index contributed by atoms with van der Waals surface area (Å²) in [5, 5.41) is 10.1. The van der Waals surface area contributed by atoms with Crippen LogP contribution in [-0.2, 0) is 19.2 Å². The molecule has 1 N–H and O–H groups in total. The number of allylic oxidation sites excluding steroid dienone is 3. The minimum Gasteiger partial charge on any atom is -0.504 e. The molecule has 3 aromatic carbocycles. The molecule has 1 saturated carbocycles. The van der Waals surface area contributed by atoms with Crippen LogP contribution in [0.3, 0.4) is 0 Å². The molecule has 2 aliphatic heterocycles. The summed E-state index contributed by atoms with van der Waals surface area (Å²) in [6, 6.07) is 19.1. The van der Waals surface area contributed by atoms with E-state index in [1.54, 1.807) is 60.7 Å². The number of carbonyl (C=O) groups excluding carboxylic acids is 4. The van der Waals surface area contributed by atoms with Gasteiger partial charge in [0.1, 0.15) is 0 Å². The lowest BCUT2D eigenvalue weighted by atomic mass is 9.58. The maximum Gasteiger partial charge on any atom is 0.238 e. The number of nitrogens with zero attached hydrogens (tertiary/aromatic N) is 2. The number of imide groups is 2. The fourth-order valence-corrected chi connectivity index (χ4v) is 8.08. The minimum atomic E-state index is -0.662. The van der Waals surface area contributed by atoms with E-state index in [2.05, 4.69) is 31.9 Å². The van der Waals surface area contributed by atoms with Crippen LogP contribution in [-0.4, -0.2) is 35.8 Å². The van der Waals surface area contributed by atoms with Gasteiger partial charge in [-0.25, -0.2) is 0 Å². The maximum absolute atomic E-state index is 14.1. The van der Waals surface area contributed by atoms with Crippen LogP contribution in [0.1, 0.15) is 18.4 Å². The van der Waals surface area contributed by atoms with Crippen molar-refractivity contribution in [1.82, 2.24) is 0 Å². The summed E-state index contributed by atoms with van der Waals surface area (Å²) in [5.41, 5.74) is 2.67. The lowest BCUT2D eigenvalue weighted by molar-refractivity contribution is -0.126. The second kappa shape index (κ2) is 11.4. The number of halogens is 2. The van der Waals surface area contributed by atoms with E-state index < -0.39 is 29.6 Å². The number of rotatable bonds is 5. The van der Waals surface area contributed by atoms with Crippen molar-refractivity contribution < 1.29 is 29.0 Å². The molecule has 10 heteroatoms. The van der Waals surface area contributed by atoms with E-state index >= 15 is 0 Å². The van der Waals surface area contributed by atoms with Gasteiger partial charge in [-0.1, -0.05) is 61.7 Å². The standard InChI is InChI=1S/C35H28Br2N2O6/c1-45-29-16-18(3-15-28(29)40)2-12-24-23-13-14-25-31(35(44)38(32(25)41)21-8-4-19(36)5-9-21)26(23)17-27-30(24)34(43)39(33(27)42)22-10-6-20(37)7-11-22/h2-13,15-16,24-27,30-31,40H,14,17H2,1H3. The first kappa shape index (κ1) is 29.7. The molecule has 4 amide bonds. The smallest absolute Gasteiger partial charge is 0.238 e. The highest BCUT2D eigenvalue weighted by molar-refractivity contribution is 9.10. The first-order valence-electron chi connectivity index (χ1n) is 14.7. The van der Waals surface area contributed by atoms with Gasteiger partial charge in [-0.05, 0) is 85.0 Å². The number of anilines is 2. The van der Waals surface area contributed by atoms with Gasteiger partial charge >= 0.3 is 0 Å². The summed E-state index contributed by atoms with van der Waals surface area (Å²) in [7, 11) is 1.47. The molecular weight excluding hydrogens is 704 g/mol. The van der Waals surface area contributed by atoms with Gasteiger partial charge in [0.25, 0.3) is 0 Å². The Balaban J connectivity index is 1.30. The highest BCUT2D eigenvalue weighted by Gasteiger charge is 2.61. The van der Waals surface area contributed by atoms with Crippen molar-refractivity contribution in [2.75, 3.05) is 16.9 Å². The van der Waals surface area contributed by atoms with Gasteiger partial charge in [-0.3, -0.25) is 29.0 Å². The molecule has 2 heterocycles. The summed E-state index contributed by atoms with van der Waals surface area (Å²) in [6.07, 6.45) is 6.48. The van der Waals surface area contributed by atoms with E-state index in [0.29, 0.717) is 30.0 Å². The van der Waals surface area contributed by atoms with Crippen molar-refractivity contribution in [3.05, 3.63) is 99.0 Å². The first-order chi connectivity index (χ1) is 21.7. The molecule has 0 bridgehead atoms. The van der Waals surface area contributed by atoms with Gasteiger partial charge in [0.05, 0.1) is 42.2 Å². The molecule has 0 spiro atoms. The third kappa shape index (κ3) is 4.86. The molecule has 3 aromatic rings. The van der Waals surface area contributed by atoms with E-state index in [-0.39, 0.29) is 35.3 Å². The minimum absolute atomic E-state index is 0.00919. The quantitative estimate of drug-likeness (QED) is 0.237. The van der Waals surface area contributed by atoms with Crippen molar-refractivity contribution in [2.24, 2.45) is 35.5 Å². The average molecular weight is 732 g/mol. The summed E-state index contributed by atoms with van der Waals surface area (Å²) < 4.78 is 6.94. The number of hydrogen-bond acceptors (Lipinski definition) is 6. The first-order valence-corrected chi connectivity index (χ1v) is 16.3. The molecule has 6 unspecified atom stereocenters. The molecule has 2 aliphatic carbocycles. The van der Waals surface area contributed by atoms with Crippen molar-refractivity contribution in [3.8, 4) is 11.5 Å². The second-order valence-corrected chi connectivity index (χ2v) is 13.7. The Morgan fingerprint density at radius 1 is 0.756 bits per heavy atom. The number of amides is 4. The number of ether oxygens (including phenoxy) is 1. The highest BCUT2D eigenvalue weighted by atomic mass is 79.9. The third-order valence-electron chi connectivity index (χ3n) is 9.57. The van der Waals surface area contributed by atoms with Crippen LogP contribution < -0.4 is 14.5 Å². The molecule has 2 saturated heterocycles. The normalized spacial score (nSPS) is 27.5. The van der Waals surface area contributed by atoms with Gasteiger partial charge in [-0.15, -0.1) is 0 Å². The van der Waals surface area contributed by atoms with Gasteiger partial charge in [-0.2, -0.15) is 0 Å². The predicted octanol–water partition coefficient (Wildman–Crippen LogP) is 6.52. The largest absolute Gasteiger partial charge is 0.504 e. The Kier molecular flexibility index (Phi) is 7.52. The molecule has 228 valence electrons. The number of phenolic OH excluding ortho intramolecular Hbond substituents is 1. The molecule has 4 aliphatic rings. The van der Waals surface area contributed by atoms with Crippen LogP contribution in [0.2, 0.25) is 0 Å². The summed E-state index contributed by atoms with van der Waals surface area (Å²) in [6.45, 7) is 0. The lowest BCUT2D eigenvalue weighted by Crippen LogP contribution is -2.43. The Hall–Kier alpha value is -4.02. The summed E-state index contributed by atoms with van der Waals surface area (Å²) in [4.78, 5) is 58.5. The summed E-state index contributed by atoms with van der Waals surface area (Å²) in [5.74, 6) is -4.10. The Bertz CT molecular complexity index is 1800. The third-order valence-corrected chi connectivity index (χ3v) is 10.6. The zero-order valence-electron chi connectivity index (χ0n) is 24.1. The summed E-state index contributed by atoms with van der Waals surface area (Å²) >= 11 is 6.83. The van der Waals surface area contributed by atoms with Crippen molar-refractivity contribution in [3.63, 3.8) is 0 Å². The van der Waals surface area contributed by atoms with Crippen molar-refractivity contribution >= 4 is 72.9 Å². The molecule has 6 atom stereocenters. The lowest BCUT2D eigenvalue weighted by Gasteiger charge is -2.42. The van der Waals surface area contributed by atoms with Crippen LogP contribution in [0.25, 0.3) is 6.08 Å². The number of methoxy groups -OCH3 is 1. The van der Waals surface area contributed by atoms with Gasteiger partial charge < -0.3 is 9.84 Å². The van der Waals surface area contributed by atoms with Crippen molar-refractivity contribution in [1.29, 1.82) is 0 Å². The number of aromatic hydroxyl groups is 1. The van der Waals surface area contributed by atoms with Gasteiger partial charge in [0.2, 0.25) is 23.6 Å². The monoisotopic (exact) mass is 730 g/mol. The van der Waals surface area contributed by atoms with Crippen LogP contribution in [0, 0.1) is 35.5 Å². The SMILES string of the molecule is COc1cc(C=CC2C3=CCC4C(=O)N(c5ccc(Br)cc5)C(=O)C4C3CC3C(=O)N(c4ccc(Br)cc4)C(=O)C23)ccc1O. The van der Waals surface area contributed by atoms with E-state index in [9.17, 15) is 24.3 Å². The fourth-order valence-electron chi connectivity index (χ4n) is 7.55.